The van der Waals surface area contributed by atoms with Crippen molar-refractivity contribution < 1.29 is 39.5 Å². The number of carbonyl (C=O) groups excluding carboxylic acids is 3. The van der Waals surface area contributed by atoms with Gasteiger partial charge >= 0.3 is 0 Å². The summed E-state index contributed by atoms with van der Waals surface area (Å²) >= 11 is 0. The summed E-state index contributed by atoms with van der Waals surface area (Å²) in [6.07, 6.45) is 0.266. The fourth-order valence-electron chi connectivity index (χ4n) is 6.01. The van der Waals surface area contributed by atoms with Crippen LogP contribution in [-0.4, -0.2) is 89.7 Å². The van der Waals surface area contributed by atoms with Crippen molar-refractivity contribution in [2.45, 2.75) is 31.1 Å². The Kier molecular flexibility index (Phi) is 6.14. The first-order chi connectivity index (χ1) is 16.8. The second kappa shape index (κ2) is 8.61. The zero-order valence-electron chi connectivity index (χ0n) is 20.8. The molecule has 194 valence electrons. The van der Waals surface area contributed by atoms with Crippen LogP contribution in [0.5, 0.6) is 5.75 Å². The number of phenolic OH excluding ortho intramolecular Hbond substituents is 1. The van der Waals surface area contributed by atoms with Crippen LogP contribution in [0, 0.1) is 11.8 Å². The van der Waals surface area contributed by atoms with Crippen LogP contribution in [0.25, 0.3) is 5.76 Å². The number of hydrogen-bond donors (Lipinski definition) is 5. The van der Waals surface area contributed by atoms with Gasteiger partial charge in [-0.05, 0) is 44.5 Å². The lowest BCUT2D eigenvalue weighted by Crippen LogP contribution is -2.65. The molecule has 1 fully saturated rings. The van der Waals surface area contributed by atoms with E-state index < -0.39 is 58.0 Å². The molecule has 4 rings (SSSR count). The number of phenols is 1. The van der Waals surface area contributed by atoms with Crippen molar-refractivity contribution in [1.29, 1.82) is 0 Å². The molecule has 1 amide bonds. The summed E-state index contributed by atoms with van der Waals surface area (Å²) in [5.74, 6) is -6.71. The number of Topliss-reactive ketones (excluding diaryl/α,β-unsaturated/α-hetero) is 2. The number of aliphatic hydroxyl groups is 3. The van der Waals surface area contributed by atoms with E-state index >= 15 is 0 Å². The Morgan fingerprint density at radius 3 is 2.36 bits per heavy atom. The number of ketones is 2. The Balaban J connectivity index is 2.00. The van der Waals surface area contributed by atoms with Gasteiger partial charge in [-0.15, -0.1) is 0 Å². The Morgan fingerprint density at radius 1 is 1.19 bits per heavy atom. The highest BCUT2D eigenvalue weighted by atomic mass is 16.5. The van der Waals surface area contributed by atoms with Gasteiger partial charge in [0.15, 0.2) is 11.4 Å². The molecule has 6 N–H and O–H groups in total. The maximum Gasteiger partial charge on any atom is 0.255 e. The first kappa shape index (κ1) is 25.7. The van der Waals surface area contributed by atoms with Gasteiger partial charge in [-0.2, -0.15) is 0 Å². The quantitative estimate of drug-likeness (QED) is 0.350. The van der Waals surface area contributed by atoms with Gasteiger partial charge in [-0.3, -0.25) is 19.3 Å². The summed E-state index contributed by atoms with van der Waals surface area (Å²) in [7, 11) is 8.19. The highest BCUT2D eigenvalue weighted by Gasteiger charge is 2.64. The average molecular weight is 502 g/mol. The van der Waals surface area contributed by atoms with Crippen LogP contribution in [0.4, 0.5) is 5.69 Å². The van der Waals surface area contributed by atoms with E-state index in [-0.39, 0.29) is 36.3 Å². The van der Waals surface area contributed by atoms with E-state index in [9.17, 15) is 34.8 Å². The monoisotopic (exact) mass is 501 g/mol. The number of aliphatic hydroxyl groups excluding tert-OH is 2. The molecule has 11 nitrogen and oxygen atoms in total. The molecule has 0 aromatic heterocycles. The molecule has 0 aliphatic heterocycles. The molecule has 36 heavy (non-hydrogen) atoms. The molecular weight excluding hydrogens is 470 g/mol. The van der Waals surface area contributed by atoms with Crippen molar-refractivity contribution in [3.05, 3.63) is 39.7 Å². The smallest absolute Gasteiger partial charge is 0.255 e. The predicted octanol–water partition coefficient (Wildman–Crippen LogP) is 0.176. The molecule has 0 spiro atoms. The Hall–Kier alpha value is -3.41. The van der Waals surface area contributed by atoms with Crippen LogP contribution >= 0.6 is 0 Å². The second-order valence-corrected chi connectivity index (χ2v) is 10.0. The van der Waals surface area contributed by atoms with Crippen LogP contribution in [0.1, 0.15) is 23.1 Å². The van der Waals surface area contributed by atoms with Crippen LogP contribution < -0.4 is 10.6 Å². The van der Waals surface area contributed by atoms with Gasteiger partial charge in [-0.25, -0.2) is 0 Å². The van der Waals surface area contributed by atoms with E-state index in [1.54, 1.807) is 34.3 Å². The molecule has 0 radical (unpaired) electrons. The number of methoxy groups -OCH3 is 1. The third-order valence-electron chi connectivity index (χ3n) is 7.56. The van der Waals surface area contributed by atoms with Crippen LogP contribution in [0.3, 0.4) is 0 Å². The van der Waals surface area contributed by atoms with Crippen molar-refractivity contribution >= 4 is 28.9 Å². The number of carbonyl (C=O) groups is 3. The van der Waals surface area contributed by atoms with E-state index in [1.165, 1.54) is 12.0 Å². The predicted molar refractivity (Wildman–Crippen MR) is 129 cm³/mol. The van der Waals surface area contributed by atoms with Gasteiger partial charge < -0.3 is 35.8 Å². The van der Waals surface area contributed by atoms with E-state index in [0.29, 0.717) is 16.8 Å². The molecule has 0 unspecified atom stereocenters. The molecule has 0 bridgehead atoms. The maximum atomic E-state index is 13.9. The van der Waals surface area contributed by atoms with Crippen molar-refractivity contribution in [2.75, 3.05) is 40.2 Å². The zero-order valence-corrected chi connectivity index (χ0v) is 20.8. The second-order valence-electron chi connectivity index (χ2n) is 10.0. The molecule has 3 aliphatic rings. The van der Waals surface area contributed by atoms with Crippen molar-refractivity contribution in [1.82, 2.24) is 4.90 Å². The van der Waals surface area contributed by atoms with Gasteiger partial charge in [0.1, 0.15) is 22.8 Å². The Bertz CT molecular complexity index is 1250. The first-order valence-electron chi connectivity index (χ1n) is 11.5. The number of anilines is 1. The van der Waals surface area contributed by atoms with Crippen LogP contribution in [-0.2, 0) is 32.1 Å². The summed E-state index contributed by atoms with van der Waals surface area (Å²) in [4.78, 5) is 42.3. The van der Waals surface area contributed by atoms with Gasteiger partial charge in [0, 0.05) is 43.9 Å². The molecule has 1 saturated carbocycles. The minimum absolute atomic E-state index is 0.0409. The molecule has 0 saturated heterocycles. The SMILES string of the molecule is COCc1cc(N(C)C)c2c(c1O)C(O)=C1C(=O)[C@]3(O)C(O)=C(C(N)=O)C(=O)[C@H](N(C)C)[C@H]3C[C@@H]1C2. The number of nitrogens with two attached hydrogens (primary N) is 1. The molecule has 1 aromatic rings. The number of nitrogens with zero attached hydrogens (tertiary/aromatic N) is 2. The number of rotatable bonds is 5. The minimum Gasteiger partial charge on any atom is -0.508 e. The van der Waals surface area contributed by atoms with Gasteiger partial charge in [0.25, 0.3) is 5.91 Å². The third kappa shape index (κ3) is 3.34. The lowest BCUT2D eigenvalue weighted by Gasteiger charge is -2.50. The molecule has 11 heteroatoms. The number of likely N-dealkylation sites (N-methyl/N-ethyl adjacent to an activating group) is 1. The molecule has 4 atom stereocenters. The number of hydrogen-bond acceptors (Lipinski definition) is 10. The number of amides is 1. The summed E-state index contributed by atoms with van der Waals surface area (Å²) < 4.78 is 5.17. The Morgan fingerprint density at radius 2 is 1.83 bits per heavy atom. The summed E-state index contributed by atoms with van der Waals surface area (Å²) in [6.45, 7) is 0.0457. The number of benzene rings is 1. The fourth-order valence-corrected chi connectivity index (χ4v) is 6.01. The first-order valence-corrected chi connectivity index (χ1v) is 11.5. The third-order valence-corrected chi connectivity index (χ3v) is 7.56. The van der Waals surface area contributed by atoms with E-state index in [1.807, 2.05) is 4.90 Å². The summed E-state index contributed by atoms with van der Waals surface area (Å²) in [5.41, 5.74) is 3.40. The lowest BCUT2D eigenvalue weighted by molar-refractivity contribution is -0.153. The fraction of sp³-hybridized carbons (Fsp3) is 0.480. The average Bonchev–Trinajstić information content (AvgIpc) is 2.77. The number of aromatic hydroxyl groups is 1. The highest BCUT2D eigenvalue weighted by molar-refractivity contribution is 6.24. The highest BCUT2D eigenvalue weighted by Crippen LogP contribution is 2.54. The van der Waals surface area contributed by atoms with Crippen LogP contribution in [0.15, 0.2) is 23.0 Å². The molecule has 1 aromatic carbocycles. The van der Waals surface area contributed by atoms with Gasteiger partial charge in [0.05, 0.1) is 18.2 Å². The normalized spacial score (nSPS) is 27.7. The van der Waals surface area contributed by atoms with Crippen LogP contribution in [0.2, 0.25) is 0 Å². The summed E-state index contributed by atoms with van der Waals surface area (Å²) in [5, 5.41) is 44.9. The maximum absolute atomic E-state index is 13.9. The molecule has 0 heterocycles. The minimum atomic E-state index is -2.66. The largest absolute Gasteiger partial charge is 0.508 e. The zero-order chi connectivity index (χ0) is 26.9. The van der Waals surface area contributed by atoms with Crippen molar-refractivity contribution in [2.24, 2.45) is 17.6 Å². The Labute approximate surface area is 208 Å². The van der Waals surface area contributed by atoms with E-state index in [2.05, 4.69) is 0 Å². The van der Waals surface area contributed by atoms with Crippen molar-refractivity contribution in [3.63, 3.8) is 0 Å². The number of primary amides is 1. The van der Waals surface area contributed by atoms with Gasteiger partial charge in [-0.1, -0.05) is 0 Å². The van der Waals surface area contributed by atoms with E-state index in [0.717, 1.165) is 0 Å². The standard InChI is InChI=1S/C25H31N3O8/c1-27(2)14-8-11(9-36-5)19(29)16-12(14)6-10-7-13-18(28(3)4)21(31)17(24(26)34)23(33)25(13,35)22(32)15(10)20(16)30/h8,10,13,18,29-30,33,35H,6-7,9H2,1-5H3,(H2,26,34)/t10-,13+,18+,25-/m0/s1. The van der Waals surface area contributed by atoms with E-state index in [4.69, 9.17) is 10.5 Å². The summed E-state index contributed by atoms with van der Waals surface area (Å²) in [6, 6.07) is 0.630. The molecular formula is C25H31N3O8. The topological polar surface area (TPSA) is 174 Å². The molecule has 3 aliphatic carbocycles. The van der Waals surface area contributed by atoms with Crippen molar-refractivity contribution in [3.8, 4) is 5.75 Å². The number of ether oxygens (including phenoxy) is 1. The van der Waals surface area contributed by atoms with Gasteiger partial charge in [0.2, 0.25) is 5.78 Å². The lowest BCUT2D eigenvalue weighted by atomic mass is 9.57. The number of fused-ring (bicyclic) bond motifs is 3.